The summed E-state index contributed by atoms with van der Waals surface area (Å²) in [5.74, 6) is -1.79. The largest absolute Gasteiger partial charge is 0.573 e. The highest BCUT2D eigenvalue weighted by atomic mass is 19.4. The summed E-state index contributed by atoms with van der Waals surface area (Å²) in [5, 5.41) is 0.990. The summed E-state index contributed by atoms with van der Waals surface area (Å²) in [6.07, 6.45) is -3.92. The van der Waals surface area contributed by atoms with Gasteiger partial charge in [-0.25, -0.2) is 8.78 Å². The molecular formula is C25H17F5O. The Labute approximate surface area is 175 Å². The van der Waals surface area contributed by atoms with Gasteiger partial charge < -0.3 is 4.74 Å². The molecule has 0 aliphatic heterocycles. The van der Waals surface area contributed by atoms with Crippen molar-refractivity contribution in [3.05, 3.63) is 90.0 Å². The molecule has 0 saturated carbocycles. The Balaban J connectivity index is 1.70. The van der Waals surface area contributed by atoms with Crippen molar-refractivity contribution in [3.8, 4) is 28.0 Å². The molecule has 0 heterocycles. The van der Waals surface area contributed by atoms with Gasteiger partial charge in [0.1, 0.15) is 17.4 Å². The summed E-state index contributed by atoms with van der Waals surface area (Å²) in [6.45, 7) is 2.02. The van der Waals surface area contributed by atoms with Crippen LogP contribution >= 0.6 is 0 Å². The molecule has 0 saturated heterocycles. The van der Waals surface area contributed by atoms with E-state index < -0.39 is 18.0 Å². The molecule has 0 radical (unpaired) electrons. The van der Waals surface area contributed by atoms with Gasteiger partial charge in [0.25, 0.3) is 0 Å². The molecule has 0 aliphatic rings. The molecule has 4 aromatic carbocycles. The van der Waals surface area contributed by atoms with E-state index in [2.05, 4.69) is 4.74 Å². The monoisotopic (exact) mass is 428 g/mol. The molecule has 0 fully saturated rings. The van der Waals surface area contributed by atoms with E-state index in [1.165, 1.54) is 42.5 Å². The topological polar surface area (TPSA) is 9.23 Å². The van der Waals surface area contributed by atoms with Crippen molar-refractivity contribution in [2.24, 2.45) is 0 Å². The number of fused-ring (bicyclic) bond motifs is 1. The first-order valence-corrected chi connectivity index (χ1v) is 9.62. The highest BCUT2D eigenvalue weighted by Crippen LogP contribution is 2.34. The van der Waals surface area contributed by atoms with Crippen LogP contribution in [-0.4, -0.2) is 6.36 Å². The average Bonchev–Trinajstić information content (AvgIpc) is 2.72. The van der Waals surface area contributed by atoms with E-state index in [1.54, 1.807) is 0 Å². The van der Waals surface area contributed by atoms with Crippen LogP contribution in [0.3, 0.4) is 0 Å². The van der Waals surface area contributed by atoms with Crippen LogP contribution in [0.5, 0.6) is 5.75 Å². The molecule has 0 atom stereocenters. The molecule has 0 unspecified atom stereocenters. The van der Waals surface area contributed by atoms with Crippen molar-refractivity contribution in [1.82, 2.24) is 0 Å². The lowest BCUT2D eigenvalue weighted by Gasteiger charge is -2.12. The lowest BCUT2D eigenvalue weighted by atomic mass is 9.96. The lowest BCUT2D eigenvalue weighted by molar-refractivity contribution is -0.274. The molecule has 0 N–H and O–H groups in total. The Morgan fingerprint density at radius 3 is 1.87 bits per heavy atom. The Hall–Kier alpha value is -3.41. The second kappa shape index (κ2) is 8.02. The minimum absolute atomic E-state index is 0.188. The van der Waals surface area contributed by atoms with Crippen LogP contribution < -0.4 is 4.74 Å². The predicted octanol–water partition coefficient (Wildman–Crippen LogP) is 7.91. The number of hydrogen-bond acceptors (Lipinski definition) is 1. The third-order valence-electron chi connectivity index (χ3n) is 5.07. The SMILES string of the molecule is CCc1ccc(-c2cc(F)c(-c3ccc4cc(OC(F)(F)F)ccc4c3)c(F)c2)cc1. The third kappa shape index (κ3) is 4.53. The van der Waals surface area contributed by atoms with Crippen molar-refractivity contribution >= 4 is 10.8 Å². The molecule has 1 nitrogen and oxygen atoms in total. The van der Waals surface area contributed by atoms with Crippen LogP contribution in [0.25, 0.3) is 33.0 Å². The number of hydrogen-bond donors (Lipinski definition) is 0. The van der Waals surface area contributed by atoms with Crippen LogP contribution in [0, 0.1) is 11.6 Å². The number of halogens is 5. The summed E-state index contributed by atoms with van der Waals surface area (Å²) in [7, 11) is 0. The molecule has 6 heteroatoms. The van der Waals surface area contributed by atoms with E-state index >= 15 is 0 Å². The van der Waals surface area contributed by atoms with Gasteiger partial charge in [-0.3, -0.25) is 0 Å². The highest BCUT2D eigenvalue weighted by molar-refractivity contribution is 5.89. The number of benzene rings is 4. The van der Waals surface area contributed by atoms with E-state index in [0.717, 1.165) is 18.1 Å². The van der Waals surface area contributed by atoms with Crippen molar-refractivity contribution in [1.29, 1.82) is 0 Å². The van der Waals surface area contributed by atoms with E-state index in [9.17, 15) is 22.0 Å². The first-order valence-electron chi connectivity index (χ1n) is 9.62. The molecule has 31 heavy (non-hydrogen) atoms. The van der Waals surface area contributed by atoms with E-state index in [-0.39, 0.29) is 11.3 Å². The van der Waals surface area contributed by atoms with Gasteiger partial charge in [-0.15, -0.1) is 13.2 Å². The second-order valence-corrected chi connectivity index (χ2v) is 7.14. The summed E-state index contributed by atoms with van der Waals surface area (Å²) in [4.78, 5) is 0. The van der Waals surface area contributed by atoms with E-state index in [4.69, 9.17) is 0 Å². The van der Waals surface area contributed by atoms with Crippen molar-refractivity contribution in [3.63, 3.8) is 0 Å². The van der Waals surface area contributed by atoms with Crippen molar-refractivity contribution in [2.75, 3.05) is 0 Å². The van der Waals surface area contributed by atoms with Crippen LogP contribution in [0.4, 0.5) is 22.0 Å². The van der Waals surface area contributed by atoms with Crippen molar-refractivity contribution in [2.45, 2.75) is 19.7 Å². The Morgan fingerprint density at radius 1 is 0.677 bits per heavy atom. The normalized spacial score (nSPS) is 11.7. The molecule has 0 aromatic heterocycles. The zero-order valence-corrected chi connectivity index (χ0v) is 16.4. The molecule has 0 spiro atoms. The first-order chi connectivity index (χ1) is 14.7. The quantitative estimate of drug-likeness (QED) is 0.300. The number of rotatable bonds is 4. The zero-order chi connectivity index (χ0) is 22.2. The molecule has 4 aromatic rings. The smallest absolute Gasteiger partial charge is 0.406 e. The molecule has 0 aliphatic carbocycles. The molecule has 0 amide bonds. The fourth-order valence-electron chi connectivity index (χ4n) is 3.52. The molecule has 158 valence electrons. The van der Waals surface area contributed by atoms with Crippen LogP contribution in [0.15, 0.2) is 72.8 Å². The zero-order valence-electron chi connectivity index (χ0n) is 16.4. The maximum absolute atomic E-state index is 14.9. The average molecular weight is 428 g/mol. The Morgan fingerprint density at radius 2 is 1.26 bits per heavy atom. The predicted molar refractivity (Wildman–Crippen MR) is 111 cm³/mol. The standard InChI is InChI=1S/C25H17F5O/c1-2-15-3-5-16(6-4-15)20-13-22(26)24(23(27)14-20)19-8-7-18-12-21(31-25(28,29)30)10-9-17(18)11-19/h3-14H,2H2,1H3. The van der Waals surface area contributed by atoms with E-state index in [1.807, 2.05) is 31.2 Å². The summed E-state index contributed by atoms with van der Waals surface area (Å²) in [5.41, 5.74) is 2.36. The summed E-state index contributed by atoms with van der Waals surface area (Å²) >= 11 is 0. The Kier molecular flexibility index (Phi) is 5.39. The number of alkyl halides is 3. The summed E-state index contributed by atoms with van der Waals surface area (Å²) in [6, 6.07) is 18.3. The van der Waals surface area contributed by atoms with Gasteiger partial charge >= 0.3 is 6.36 Å². The minimum atomic E-state index is -4.79. The minimum Gasteiger partial charge on any atom is -0.406 e. The second-order valence-electron chi connectivity index (χ2n) is 7.14. The highest BCUT2D eigenvalue weighted by Gasteiger charge is 2.31. The fraction of sp³-hybridized carbons (Fsp3) is 0.120. The molecular weight excluding hydrogens is 411 g/mol. The number of ether oxygens (including phenoxy) is 1. The van der Waals surface area contributed by atoms with Crippen LogP contribution in [-0.2, 0) is 6.42 Å². The Bertz CT molecular complexity index is 1220. The van der Waals surface area contributed by atoms with Gasteiger partial charge in [0, 0.05) is 0 Å². The fourth-order valence-corrected chi connectivity index (χ4v) is 3.52. The van der Waals surface area contributed by atoms with Gasteiger partial charge in [0.05, 0.1) is 5.56 Å². The number of aryl methyl sites for hydroxylation is 1. The molecule has 0 bridgehead atoms. The lowest BCUT2D eigenvalue weighted by Crippen LogP contribution is -2.16. The third-order valence-corrected chi connectivity index (χ3v) is 5.07. The van der Waals surface area contributed by atoms with Crippen LogP contribution in [0.1, 0.15) is 12.5 Å². The van der Waals surface area contributed by atoms with E-state index in [0.29, 0.717) is 27.5 Å². The van der Waals surface area contributed by atoms with Gasteiger partial charge in [0.2, 0.25) is 0 Å². The van der Waals surface area contributed by atoms with Gasteiger partial charge in [-0.1, -0.05) is 49.4 Å². The maximum Gasteiger partial charge on any atom is 0.573 e. The summed E-state index contributed by atoms with van der Waals surface area (Å²) < 4.78 is 70.9. The van der Waals surface area contributed by atoms with Gasteiger partial charge in [-0.05, 0) is 69.8 Å². The van der Waals surface area contributed by atoms with Gasteiger partial charge in [-0.2, -0.15) is 0 Å². The van der Waals surface area contributed by atoms with Crippen LogP contribution in [0.2, 0.25) is 0 Å². The molecule has 4 rings (SSSR count). The van der Waals surface area contributed by atoms with Crippen molar-refractivity contribution < 1.29 is 26.7 Å². The maximum atomic E-state index is 14.9. The first kappa shape index (κ1) is 20.8. The van der Waals surface area contributed by atoms with Gasteiger partial charge in [0.15, 0.2) is 0 Å².